The van der Waals surface area contributed by atoms with Gasteiger partial charge in [-0.2, -0.15) is 0 Å². The molecule has 0 N–H and O–H groups in total. The second-order valence-electron chi connectivity index (χ2n) is 3.84. The van der Waals surface area contributed by atoms with E-state index in [-0.39, 0.29) is 0 Å². The molecule has 0 saturated heterocycles. The lowest BCUT2D eigenvalue weighted by atomic mass is 9.93. The van der Waals surface area contributed by atoms with Gasteiger partial charge < -0.3 is 0 Å². The minimum atomic E-state index is 0.536. The summed E-state index contributed by atoms with van der Waals surface area (Å²) in [6.45, 7) is 6.26. The summed E-state index contributed by atoms with van der Waals surface area (Å²) < 4.78 is 0. The molecule has 0 aliphatic heterocycles. The summed E-state index contributed by atoms with van der Waals surface area (Å²) >= 11 is 0. The second kappa shape index (κ2) is 7.05. The summed E-state index contributed by atoms with van der Waals surface area (Å²) in [7, 11) is 0. The first-order chi connectivity index (χ1) is 7.88. The van der Waals surface area contributed by atoms with Crippen LogP contribution in [0.15, 0.2) is 48.6 Å². The Balaban J connectivity index is 0.000000606. The van der Waals surface area contributed by atoms with Crippen LogP contribution in [0, 0.1) is 0 Å². The number of fused-ring (bicyclic) bond motifs is 1. The zero-order valence-electron chi connectivity index (χ0n) is 10.6. The third-order valence-electron chi connectivity index (χ3n) is 2.77. The highest BCUT2D eigenvalue weighted by Crippen LogP contribution is 2.23. The number of benzene rings is 1. The lowest BCUT2D eigenvalue weighted by molar-refractivity contribution is 0.907. The van der Waals surface area contributed by atoms with E-state index >= 15 is 0 Å². The molecular formula is C16H22. The van der Waals surface area contributed by atoms with Crippen LogP contribution in [0.4, 0.5) is 0 Å². The van der Waals surface area contributed by atoms with Crippen molar-refractivity contribution in [2.24, 2.45) is 0 Å². The van der Waals surface area contributed by atoms with E-state index in [9.17, 15) is 0 Å². The molecule has 0 radical (unpaired) electrons. The van der Waals surface area contributed by atoms with Gasteiger partial charge >= 0.3 is 0 Å². The van der Waals surface area contributed by atoms with E-state index in [0.29, 0.717) is 5.92 Å². The lowest BCUT2D eigenvalue weighted by Crippen LogP contribution is -1.96. The van der Waals surface area contributed by atoms with E-state index in [2.05, 4.69) is 55.5 Å². The Morgan fingerprint density at radius 1 is 1.06 bits per heavy atom. The number of hydrogen-bond acceptors (Lipinski definition) is 0. The first kappa shape index (κ1) is 12.8. The number of hydrogen-bond donors (Lipinski definition) is 0. The molecule has 0 heteroatoms. The van der Waals surface area contributed by atoms with Crippen molar-refractivity contribution in [2.45, 2.75) is 39.5 Å². The molecule has 1 aromatic carbocycles. The van der Waals surface area contributed by atoms with Crippen LogP contribution >= 0.6 is 0 Å². The van der Waals surface area contributed by atoms with Crippen molar-refractivity contribution in [2.75, 3.05) is 0 Å². The van der Waals surface area contributed by atoms with Crippen molar-refractivity contribution >= 4 is 0 Å². The molecule has 0 amide bonds. The average Bonchev–Trinajstić information content (AvgIpc) is 2.44. The zero-order valence-corrected chi connectivity index (χ0v) is 10.6. The van der Waals surface area contributed by atoms with Crippen LogP contribution in [0.5, 0.6) is 0 Å². The van der Waals surface area contributed by atoms with Crippen LogP contribution in [0.2, 0.25) is 0 Å². The Labute approximate surface area is 99.7 Å². The number of allylic oxidation sites excluding steroid dienone is 4. The van der Waals surface area contributed by atoms with E-state index < -0.39 is 0 Å². The maximum Gasteiger partial charge on any atom is -0.000459 e. The Bertz CT molecular complexity index is 358. The van der Waals surface area contributed by atoms with Gasteiger partial charge in [-0.25, -0.2) is 0 Å². The summed E-state index contributed by atoms with van der Waals surface area (Å²) in [5.74, 6) is 0.536. The normalized spacial score (nSPS) is 22.6. The molecule has 86 valence electrons. The van der Waals surface area contributed by atoms with Gasteiger partial charge in [0, 0.05) is 0 Å². The molecule has 0 bridgehead atoms. The van der Waals surface area contributed by atoms with Crippen molar-refractivity contribution in [1.82, 2.24) is 0 Å². The van der Waals surface area contributed by atoms with Crippen LogP contribution in [0.1, 0.15) is 44.2 Å². The summed E-state index contributed by atoms with van der Waals surface area (Å²) in [6.07, 6.45) is 11.1. The molecule has 0 aromatic heterocycles. The molecule has 0 heterocycles. The first-order valence-corrected chi connectivity index (χ1v) is 6.29. The predicted molar refractivity (Wildman–Crippen MR) is 72.8 cm³/mol. The van der Waals surface area contributed by atoms with E-state index in [1.54, 1.807) is 0 Å². The van der Waals surface area contributed by atoms with Crippen molar-refractivity contribution in [1.29, 1.82) is 0 Å². The smallest absolute Gasteiger partial charge is 0.000459 e. The van der Waals surface area contributed by atoms with Gasteiger partial charge in [0.2, 0.25) is 0 Å². The SMILES string of the molecule is CC.CC1/C=C\C=C/CCc2ccccc21. The Morgan fingerprint density at radius 2 is 1.81 bits per heavy atom. The number of aryl methyl sites for hydroxylation is 1. The average molecular weight is 214 g/mol. The van der Waals surface area contributed by atoms with Gasteiger partial charge in [0.05, 0.1) is 0 Å². The van der Waals surface area contributed by atoms with Gasteiger partial charge in [-0.3, -0.25) is 0 Å². The molecule has 0 saturated carbocycles. The summed E-state index contributed by atoms with van der Waals surface area (Å²) in [5, 5.41) is 0. The van der Waals surface area contributed by atoms with Crippen molar-refractivity contribution in [3.63, 3.8) is 0 Å². The number of rotatable bonds is 0. The largest absolute Gasteiger partial charge is 0.0842 e. The molecular weight excluding hydrogens is 192 g/mol. The molecule has 1 aliphatic rings. The van der Waals surface area contributed by atoms with Crippen molar-refractivity contribution in [3.05, 3.63) is 59.7 Å². The second-order valence-corrected chi connectivity index (χ2v) is 3.84. The Morgan fingerprint density at radius 3 is 2.62 bits per heavy atom. The summed E-state index contributed by atoms with van der Waals surface area (Å²) in [5.41, 5.74) is 2.98. The fourth-order valence-electron chi connectivity index (χ4n) is 1.95. The van der Waals surface area contributed by atoms with E-state index in [0.717, 1.165) is 6.42 Å². The highest BCUT2D eigenvalue weighted by molar-refractivity contribution is 5.34. The van der Waals surface area contributed by atoms with E-state index in [1.807, 2.05) is 13.8 Å². The van der Waals surface area contributed by atoms with E-state index in [1.165, 1.54) is 17.5 Å². The van der Waals surface area contributed by atoms with Crippen LogP contribution in [-0.4, -0.2) is 0 Å². The molecule has 0 spiro atoms. The van der Waals surface area contributed by atoms with Gasteiger partial charge in [0.1, 0.15) is 0 Å². The maximum absolute atomic E-state index is 2.26. The van der Waals surface area contributed by atoms with Crippen molar-refractivity contribution < 1.29 is 0 Å². The molecule has 1 aliphatic carbocycles. The maximum atomic E-state index is 2.26. The molecule has 1 atom stereocenters. The molecule has 1 unspecified atom stereocenters. The third-order valence-corrected chi connectivity index (χ3v) is 2.77. The Kier molecular flexibility index (Phi) is 5.63. The molecule has 1 aromatic rings. The molecule has 16 heavy (non-hydrogen) atoms. The quantitative estimate of drug-likeness (QED) is 0.577. The van der Waals surface area contributed by atoms with Crippen molar-refractivity contribution in [3.8, 4) is 0 Å². The highest BCUT2D eigenvalue weighted by atomic mass is 14.1. The summed E-state index contributed by atoms with van der Waals surface area (Å²) in [4.78, 5) is 0. The highest BCUT2D eigenvalue weighted by Gasteiger charge is 2.06. The van der Waals surface area contributed by atoms with Crippen LogP contribution in [0.25, 0.3) is 0 Å². The van der Waals surface area contributed by atoms with Crippen LogP contribution in [0.3, 0.4) is 0 Å². The fourth-order valence-corrected chi connectivity index (χ4v) is 1.95. The lowest BCUT2D eigenvalue weighted by Gasteiger charge is -2.11. The third kappa shape index (κ3) is 3.37. The van der Waals surface area contributed by atoms with Gasteiger partial charge in [-0.05, 0) is 29.9 Å². The minimum Gasteiger partial charge on any atom is -0.0842 e. The van der Waals surface area contributed by atoms with Crippen LogP contribution in [-0.2, 0) is 6.42 Å². The van der Waals surface area contributed by atoms with Gasteiger partial charge in [0.25, 0.3) is 0 Å². The zero-order chi connectivity index (χ0) is 11.8. The van der Waals surface area contributed by atoms with Gasteiger partial charge in [0.15, 0.2) is 0 Å². The predicted octanol–water partition coefficient (Wildman–Crippen LogP) is 4.87. The topological polar surface area (TPSA) is 0 Å². The minimum absolute atomic E-state index is 0.536. The molecule has 2 rings (SSSR count). The Hall–Kier alpha value is -1.30. The van der Waals surface area contributed by atoms with Gasteiger partial charge in [-0.1, -0.05) is 69.3 Å². The molecule has 0 nitrogen and oxygen atoms in total. The van der Waals surface area contributed by atoms with Gasteiger partial charge in [-0.15, -0.1) is 0 Å². The van der Waals surface area contributed by atoms with E-state index in [4.69, 9.17) is 0 Å². The molecule has 0 fully saturated rings. The monoisotopic (exact) mass is 214 g/mol. The standard InChI is InChI=1S/C14H16.C2H6/c1-12-8-4-2-3-5-9-13-10-6-7-11-14(12)13;1-2/h2-4,6-8,10-12H,5,9H2,1H3;1-2H3/b3-2-,8-4-;. The first-order valence-electron chi connectivity index (χ1n) is 6.29. The van der Waals surface area contributed by atoms with Crippen LogP contribution < -0.4 is 0 Å². The fraction of sp³-hybridized carbons (Fsp3) is 0.375. The summed E-state index contributed by atoms with van der Waals surface area (Å²) in [6, 6.07) is 8.76.